The average molecular weight is 319 g/mol. The van der Waals surface area contributed by atoms with Crippen LogP contribution in [0, 0.1) is 11.8 Å². The number of amides is 1. The molecule has 1 aromatic rings. The van der Waals surface area contributed by atoms with E-state index in [9.17, 15) is 9.90 Å². The van der Waals surface area contributed by atoms with E-state index in [0.29, 0.717) is 18.2 Å². The molecule has 0 spiro atoms. The molecule has 23 heavy (non-hydrogen) atoms. The van der Waals surface area contributed by atoms with Gasteiger partial charge in [0, 0.05) is 6.04 Å². The van der Waals surface area contributed by atoms with Gasteiger partial charge in [-0.05, 0) is 61.6 Å². The molecule has 1 aliphatic carbocycles. The van der Waals surface area contributed by atoms with Crippen molar-refractivity contribution >= 4 is 5.91 Å². The Morgan fingerprint density at radius 2 is 2.00 bits per heavy atom. The first-order chi connectivity index (χ1) is 11.0. The lowest BCUT2D eigenvalue weighted by Crippen LogP contribution is -2.38. The summed E-state index contributed by atoms with van der Waals surface area (Å²) in [6.45, 7) is 4.56. The van der Waals surface area contributed by atoms with Crippen LogP contribution in [0.25, 0.3) is 0 Å². The van der Waals surface area contributed by atoms with Gasteiger partial charge in [-0.15, -0.1) is 0 Å². The predicted octanol–water partition coefficient (Wildman–Crippen LogP) is 3.66. The molecule has 2 rings (SSSR count). The molecule has 0 atom stereocenters. The lowest BCUT2D eigenvalue weighted by atomic mass is 9.81. The Hall–Kier alpha value is -1.71. The van der Waals surface area contributed by atoms with Crippen LogP contribution in [0.4, 0.5) is 0 Å². The summed E-state index contributed by atoms with van der Waals surface area (Å²) >= 11 is 0. The van der Waals surface area contributed by atoms with Crippen molar-refractivity contribution in [2.24, 2.45) is 11.8 Å². The molecule has 1 saturated carbocycles. The highest BCUT2D eigenvalue weighted by Crippen LogP contribution is 2.29. The smallest absolute Gasteiger partial charge is 0.224 e. The minimum atomic E-state index is 0.0463. The molecule has 1 amide bonds. The molecule has 2 N–H and O–H groups in total. The van der Waals surface area contributed by atoms with E-state index in [4.69, 9.17) is 4.74 Å². The summed E-state index contributed by atoms with van der Waals surface area (Å²) in [5.74, 6) is 2.13. The van der Waals surface area contributed by atoms with E-state index < -0.39 is 0 Å². The van der Waals surface area contributed by atoms with Crippen LogP contribution < -0.4 is 10.1 Å². The molecular weight excluding hydrogens is 290 g/mol. The van der Waals surface area contributed by atoms with Crippen LogP contribution in [0.5, 0.6) is 11.5 Å². The van der Waals surface area contributed by atoms with Crippen molar-refractivity contribution in [3.05, 3.63) is 23.8 Å². The number of phenolic OH excluding ortho intramolecular Hbond substituents is 1. The molecule has 1 aliphatic rings. The van der Waals surface area contributed by atoms with E-state index in [1.54, 1.807) is 18.2 Å². The highest BCUT2D eigenvalue weighted by atomic mass is 16.5. The van der Waals surface area contributed by atoms with E-state index in [-0.39, 0.29) is 11.7 Å². The SMILES string of the molecule is COc1cc(CC(=O)NC2CCC(CC(C)C)CC2)ccc1O. The van der Waals surface area contributed by atoms with Gasteiger partial charge < -0.3 is 15.2 Å². The van der Waals surface area contributed by atoms with Crippen molar-refractivity contribution < 1.29 is 14.6 Å². The minimum Gasteiger partial charge on any atom is -0.504 e. The third-order valence-corrected chi connectivity index (χ3v) is 4.63. The van der Waals surface area contributed by atoms with Crippen molar-refractivity contribution in [3.8, 4) is 11.5 Å². The summed E-state index contributed by atoms with van der Waals surface area (Å²) in [5.41, 5.74) is 0.852. The Bertz CT molecular complexity index is 519. The van der Waals surface area contributed by atoms with Gasteiger partial charge >= 0.3 is 0 Å². The highest BCUT2D eigenvalue weighted by Gasteiger charge is 2.23. The Labute approximate surface area is 139 Å². The second-order valence-corrected chi connectivity index (χ2v) is 7.10. The van der Waals surface area contributed by atoms with Crippen LogP contribution in [0.15, 0.2) is 18.2 Å². The number of carbonyl (C=O) groups excluding carboxylic acids is 1. The summed E-state index contributed by atoms with van der Waals surface area (Å²) in [4.78, 5) is 12.2. The molecule has 0 aromatic heterocycles. The van der Waals surface area contributed by atoms with Crippen LogP contribution in [-0.2, 0) is 11.2 Å². The maximum atomic E-state index is 12.2. The molecule has 4 nitrogen and oxygen atoms in total. The molecule has 0 heterocycles. The van der Waals surface area contributed by atoms with Gasteiger partial charge in [0.2, 0.25) is 5.91 Å². The zero-order chi connectivity index (χ0) is 16.8. The number of nitrogens with one attached hydrogen (secondary N) is 1. The summed E-state index contributed by atoms with van der Waals surface area (Å²) in [7, 11) is 1.51. The van der Waals surface area contributed by atoms with Crippen LogP contribution in [0.3, 0.4) is 0 Å². The first-order valence-corrected chi connectivity index (χ1v) is 8.63. The van der Waals surface area contributed by atoms with E-state index in [0.717, 1.165) is 30.2 Å². The lowest BCUT2D eigenvalue weighted by Gasteiger charge is -2.30. The number of aromatic hydroxyl groups is 1. The van der Waals surface area contributed by atoms with Crippen LogP contribution >= 0.6 is 0 Å². The standard InChI is InChI=1S/C19H29NO3/c1-13(2)10-14-4-7-16(8-5-14)20-19(22)12-15-6-9-17(21)18(11-15)23-3/h6,9,11,13-14,16,21H,4-5,7-8,10,12H2,1-3H3,(H,20,22). The molecular formula is C19H29NO3. The number of rotatable bonds is 6. The molecule has 1 fully saturated rings. The van der Waals surface area contributed by atoms with Gasteiger partial charge in [-0.1, -0.05) is 19.9 Å². The Morgan fingerprint density at radius 1 is 1.30 bits per heavy atom. The molecule has 0 radical (unpaired) electrons. The summed E-state index contributed by atoms with van der Waals surface area (Å²) in [5, 5.41) is 12.7. The van der Waals surface area contributed by atoms with Gasteiger partial charge in [0.15, 0.2) is 11.5 Å². The van der Waals surface area contributed by atoms with Gasteiger partial charge in [0.25, 0.3) is 0 Å². The van der Waals surface area contributed by atoms with Gasteiger partial charge in [0.05, 0.1) is 13.5 Å². The van der Waals surface area contributed by atoms with Crippen molar-refractivity contribution in [3.63, 3.8) is 0 Å². The fraction of sp³-hybridized carbons (Fsp3) is 0.632. The van der Waals surface area contributed by atoms with E-state index in [1.807, 2.05) is 0 Å². The maximum Gasteiger partial charge on any atom is 0.224 e. The van der Waals surface area contributed by atoms with Gasteiger partial charge in [-0.3, -0.25) is 4.79 Å². The minimum absolute atomic E-state index is 0.0463. The third kappa shape index (κ3) is 5.45. The normalized spacial score (nSPS) is 21.2. The van der Waals surface area contributed by atoms with E-state index in [2.05, 4.69) is 19.2 Å². The summed E-state index contributed by atoms with van der Waals surface area (Å²) in [6.07, 6.45) is 6.23. The molecule has 0 bridgehead atoms. The number of carbonyl (C=O) groups is 1. The van der Waals surface area contributed by atoms with Crippen LogP contribution in [0.2, 0.25) is 0 Å². The van der Waals surface area contributed by atoms with Crippen LogP contribution in [-0.4, -0.2) is 24.2 Å². The number of phenols is 1. The van der Waals surface area contributed by atoms with Crippen LogP contribution in [0.1, 0.15) is 51.5 Å². The van der Waals surface area contributed by atoms with E-state index in [1.165, 1.54) is 26.4 Å². The number of benzene rings is 1. The van der Waals surface area contributed by atoms with Gasteiger partial charge in [0.1, 0.15) is 0 Å². The van der Waals surface area contributed by atoms with Crippen molar-refractivity contribution in [2.75, 3.05) is 7.11 Å². The average Bonchev–Trinajstić information content (AvgIpc) is 2.50. The fourth-order valence-corrected chi connectivity index (χ4v) is 3.51. The first-order valence-electron chi connectivity index (χ1n) is 8.63. The monoisotopic (exact) mass is 319 g/mol. The Morgan fingerprint density at radius 3 is 2.61 bits per heavy atom. The number of hydrogen-bond donors (Lipinski definition) is 2. The largest absolute Gasteiger partial charge is 0.504 e. The number of methoxy groups -OCH3 is 1. The summed E-state index contributed by atoms with van der Waals surface area (Å²) < 4.78 is 5.08. The quantitative estimate of drug-likeness (QED) is 0.841. The van der Waals surface area contributed by atoms with Gasteiger partial charge in [-0.2, -0.15) is 0 Å². The predicted molar refractivity (Wildman–Crippen MR) is 91.7 cm³/mol. The molecule has 1 aromatic carbocycles. The van der Waals surface area contributed by atoms with Gasteiger partial charge in [-0.25, -0.2) is 0 Å². The van der Waals surface area contributed by atoms with Crippen molar-refractivity contribution in [1.29, 1.82) is 0 Å². The maximum absolute atomic E-state index is 12.2. The highest BCUT2D eigenvalue weighted by molar-refractivity contribution is 5.79. The summed E-state index contributed by atoms with van der Waals surface area (Å²) in [6, 6.07) is 5.36. The first kappa shape index (κ1) is 17.6. The number of ether oxygens (including phenoxy) is 1. The zero-order valence-electron chi connectivity index (χ0n) is 14.5. The zero-order valence-corrected chi connectivity index (χ0v) is 14.5. The Kier molecular flexibility index (Phi) is 6.31. The molecule has 0 aliphatic heterocycles. The lowest BCUT2D eigenvalue weighted by molar-refractivity contribution is -0.121. The van der Waals surface area contributed by atoms with Crippen molar-refractivity contribution in [2.45, 2.75) is 58.4 Å². The fourth-order valence-electron chi connectivity index (χ4n) is 3.51. The Balaban J connectivity index is 1.79. The molecule has 4 heteroatoms. The second kappa shape index (κ2) is 8.23. The molecule has 128 valence electrons. The number of hydrogen-bond acceptors (Lipinski definition) is 3. The van der Waals surface area contributed by atoms with Crippen molar-refractivity contribution in [1.82, 2.24) is 5.32 Å². The van der Waals surface area contributed by atoms with E-state index >= 15 is 0 Å². The molecule has 0 saturated heterocycles. The molecule has 0 unspecified atom stereocenters. The topological polar surface area (TPSA) is 58.6 Å². The second-order valence-electron chi connectivity index (χ2n) is 7.10. The third-order valence-electron chi connectivity index (χ3n) is 4.63.